The molecule has 0 heterocycles. The largest absolute Gasteiger partial charge is 0.354 e. The van der Waals surface area contributed by atoms with Crippen molar-refractivity contribution >= 4 is 17.7 Å². The molecule has 0 aromatic carbocycles. The average molecular weight is 236 g/mol. The number of hydrogen-bond acceptors (Lipinski definition) is 3. The van der Waals surface area contributed by atoms with Gasteiger partial charge in [0.05, 0.1) is 0 Å². The second kappa shape index (κ2) is 11.9. The molecule has 3 N–H and O–H groups in total. The van der Waals surface area contributed by atoms with Gasteiger partial charge < -0.3 is 11.1 Å². The number of carbonyl (C=O) groups excluding carboxylic acids is 1. The molecular formula is C11H28N2OS. The molecule has 0 spiro atoms. The first-order chi connectivity index (χ1) is 6.07. The average Bonchev–Trinajstić information content (AvgIpc) is 2.03. The highest BCUT2D eigenvalue weighted by atomic mass is 32.2. The van der Waals surface area contributed by atoms with Crippen LogP contribution in [-0.2, 0) is 4.79 Å². The topological polar surface area (TPSA) is 55.1 Å². The van der Waals surface area contributed by atoms with Crippen LogP contribution in [-0.4, -0.2) is 30.0 Å². The van der Waals surface area contributed by atoms with Crippen molar-refractivity contribution in [2.45, 2.75) is 41.7 Å². The van der Waals surface area contributed by atoms with Crippen molar-refractivity contribution < 1.29 is 4.79 Å². The minimum Gasteiger partial charge on any atom is -0.354 e. The summed E-state index contributed by atoms with van der Waals surface area (Å²) in [5, 5.41) is 2.89. The van der Waals surface area contributed by atoms with E-state index in [2.05, 4.69) is 5.32 Å². The fourth-order valence-electron chi connectivity index (χ4n) is 0.846. The second-order valence-electron chi connectivity index (χ2n) is 3.43. The number of nitrogens with one attached hydrogen (secondary N) is 1. The number of thioether (sulfide) groups is 1. The molecule has 0 saturated carbocycles. The fraction of sp³-hybridized carbons (Fsp3) is 0.909. The molecule has 0 saturated heterocycles. The van der Waals surface area contributed by atoms with Crippen LogP contribution in [0.4, 0.5) is 0 Å². The summed E-state index contributed by atoms with van der Waals surface area (Å²) in [6, 6.07) is 0.231. The fourth-order valence-corrected chi connectivity index (χ4v) is 1.68. The number of carbonyl (C=O) groups is 1. The number of hydrogen-bond donors (Lipinski definition) is 2. The Morgan fingerprint density at radius 1 is 1.33 bits per heavy atom. The first-order valence-electron chi connectivity index (χ1n) is 4.66. The minimum atomic E-state index is 0. The standard InChI is InChI=1S/C9H20N2OS.2CH4/c1-7(2)11-9(12)8(3)6-13-5-4-10;;/h7-8H,4-6,10H2,1-3H3,(H,11,12);2*1H4. The van der Waals surface area contributed by atoms with Gasteiger partial charge in [0.2, 0.25) is 5.91 Å². The molecule has 1 amide bonds. The SMILES string of the molecule is C.C.CC(C)NC(=O)C(C)CSCCN. The molecule has 1 atom stereocenters. The van der Waals surface area contributed by atoms with Crippen LogP contribution in [0.2, 0.25) is 0 Å². The lowest BCUT2D eigenvalue weighted by atomic mass is 10.2. The lowest BCUT2D eigenvalue weighted by molar-refractivity contribution is -0.124. The van der Waals surface area contributed by atoms with E-state index in [1.165, 1.54) is 0 Å². The van der Waals surface area contributed by atoms with E-state index >= 15 is 0 Å². The zero-order valence-electron chi connectivity index (χ0n) is 8.67. The molecule has 94 valence electrons. The van der Waals surface area contributed by atoms with Crippen LogP contribution in [0.25, 0.3) is 0 Å². The Morgan fingerprint density at radius 3 is 2.27 bits per heavy atom. The van der Waals surface area contributed by atoms with Crippen molar-refractivity contribution in [1.29, 1.82) is 0 Å². The van der Waals surface area contributed by atoms with Crippen LogP contribution in [0.1, 0.15) is 35.6 Å². The maximum Gasteiger partial charge on any atom is 0.223 e. The Bertz CT molecular complexity index is 152. The van der Waals surface area contributed by atoms with Crippen molar-refractivity contribution in [3.8, 4) is 0 Å². The third-order valence-corrected chi connectivity index (χ3v) is 2.77. The van der Waals surface area contributed by atoms with E-state index in [-0.39, 0.29) is 32.7 Å². The van der Waals surface area contributed by atoms with Crippen LogP contribution in [0.15, 0.2) is 0 Å². The molecule has 0 rings (SSSR count). The maximum absolute atomic E-state index is 11.4. The van der Waals surface area contributed by atoms with E-state index in [1.54, 1.807) is 11.8 Å². The summed E-state index contributed by atoms with van der Waals surface area (Å²) in [6.45, 7) is 6.57. The minimum absolute atomic E-state index is 0. The summed E-state index contributed by atoms with van der Waals surface area (Å²) in [5.41, 5.74) is 5.35. The zero-order chi connectivity index (χ0) is 10.3. The molecule has 0 aliphatic rings. The van der Waals surface area contributed by atoms with Crippen LogP contribution in [0.5, 0.6) is 0 Å². The Morgan fingerprint density at radius 2 is 1.87 bits per heavy atom. The normalized spacial score (nSPS) is 11.3. The Balaban J connectivity index is -0.000000720. The lowest BCUT2D eigenvalue weighted by Gasteiger charge is -2.13. The summed E-state index contributed by atoms with van der Waals surface area (Å²) in [6.07, 6.45) is 0. The Kier molecular flexibility index (Phi) is 16.0. The molecule has 0 bridgehead atoms. The molecule has 0 aromatic rings. The van der Waals surface area contributed by atoms with E-state index < -0.39 is 0 Å². The summed E-state index contributed by atoms with van der Waals surface area (Å²) in [4.78, 5) is 11.4. The van der Waals surface area contributed by atoms with Crippen molar-refractivity contribution in [3.05, 3.63) is 0 Å². The van der Waals surface area contributed by atoms with Gasteiger partial charge in [0, 0.05) is 30.0 Å². The predicted octanol–water partition coefficient (Wildman–Crippen LogP) is 2.11. The van der Waals surface area contributed by atoms with Crippen LogP contribution in [0.3, 0.4) is 0 Å². The van der Waals surface area contributed by atoms with Crippen molar-refractivity contribution in [3.63, 3.8) is 0 Å². The molecule has 0 radical (unpaired) electrons. The van der Waals surface area contributed by atoms with Gasteiger partial charge in [-0.15, -0.1) is 0 Å². The van der Waals surface area contributed by atoms with Gasteiger partial charge in [-0.2, -0.15) is 11.8 Å². The van der Waals surface area contributed by atoms with Gasteiger partial charge in [-0.1, -0.05) is 21.8 Å². The highest BCUT2D eigenvalue weighted by Crippen LogP contribution is 2.07. The van der Waals surface area contributed by atoms with E-state index in [0.717, 1.165) is 11.5 Å². The quantitative estimate of drug-likeness (QED) is 0.695. The molecule has 1 unspecified atom stereocenters. The van der Waals surface area contributed by atoms with Gasteiger partial charge in [0.1, 0.15) is 0 Å². The summed E-state index contributed by atoms with van der Waals surface area (Å²) in [7, 11) is 0. The van der Waals surface area contributed by atoms with E-state index in [0.29, 0.717) is 6.54 Å². The summed E-state index contributed by atoms with van der Waals surface area (Å²) < 4.78 is 0. The van der Waals surface area contributed by atoms with Crippen LogP contribution < -0.4 is 11.1 Å². The first kappa shape index (κ1) is 20.2. The summed E-state index contributed by atoms with van der Waals surface area (Å²) in [5.74, 6) is 2.01. The monoisotopic (exact) mass is 236 g/mol. The highest BCUT2D eigenvalue weighted by molar-refractivity contribution is 7.99. The molecule has 15 heavy (non-hydrogen) atoms. The highest BCUT2D eigenvalue weighted by Gasteiger charge is 2.12. The Hall–Kier alpha value is -0.220. The van der Waals surface area contributed by atoms with E-state index in [9.17, 15) is 4.79 Å². The van der Waals surface area contributed by atoms with Gasteiger partial charge in [-0.25, -0.2) is 0 Å². The van der Waals surface area contributed by atoms with Crippen molar-refractivity contribution in [2.24, 2.45) is 11.7 Å². The zero-order valence-corrected chi connectivity index (χ0v) is 9.49. The number of nitrogens with two attached hydrogens (primary N) is 1. The van der Waals surface area contributed by atoms with Crippen LogP contribution >= 0.6 is 11.8 Å². The second-order valence-corrected chi connectivity index (χ2v) is 4.58. The molecule has 4 heteroatoms. The smallest absolute Gasteiger partial charge is 0.223 e. The number of rotatable bonds is 6. The number of amides is 1. The van der Waals surface area contributed by atoms with Gasteiger partial charge in [0.25, 0.3) is 0 Å². The van der Waals surface area contributed by atoms with E-state index in [4.69, 9.17) is 5.73 Å². The summed E-state index contributed by atoms with van der Waals surface area (Å²) >= 11 is 1.73. The van der Waals surface area contributed by atoms with Crippen molar-refractivity contribution in [1.82, 2.24) is 5.32 Å². The van der Waals surface area contributed by atoms with Gasteiger partial charge in [0.15, 0.2) is 0 Å². The third-order valence-electron chi connectivity index (χ3n) is 1.51. The third kappa shape index (κ3) is 11.7. The van der Waals surface area contributed by atoms with Gasteiger partial charge in [-0.3, -0.25) is 4.79 Å². The molecule has 0 aromatic heterocycles. The Labute approximate surface area is 99.6 Å². The maximum atomic E-state index is 11.4. The van der Waals surface area contributed by atoms with Crippen LogP contribution in [0, 0.1) is 5.92 Å². The first-order valence-corrected chi connectivity index (χ1v) is 5.81. The lowest BCUT2D eigenvalue weighted by Crippen LogP contribution is -2.35. The molecular weight excluding hydrogens is 208 g/mol. The van der Waals surface area contributed by atoms with E-state index in [1.807, 2.05) is 20.8 Å². The predicted molar refractivity (Wildman–Crippen MR) is 72.3 cm³/mol. The van der Waals surface area contributed by atoms with Gasteiger partial charge >= 0.3 is 0 Å². The molecule has 3 nitrogen and oxygen atoms in total. The molecule has 0 fully saturated rings. The van der Waals surface area contributed by atoms with Crippen molar-refractivity contribution in [2.75, 3.05) is 18.1 Å². The van der Waals surface area contributed by atoms with Gasteiger partial charge in [-0.05, 0) is 13.8 Å². The molecule has 0 aliphatic heterocycles. The molecule has 0 aliphatic carbocycles.